The lowest BCUT2D eigenvalue weighted by molar-refractivity contribution is -0.120. The van der Waals surface area contributed by atoms with Gasteiger partial charge in [-0.15, -0.1) is 15.3 Å². The summed E-state index contributed by atoms with van der Waals surface area (Å²) in [6.07, 6.45) is 0.326. The summed E-state index contributed by atoms with van der Waals surface area (Å²) in [5, 5.41) is 18.0. The third kappa shape index (κ3) is 4.13. The number of ether oxygens (including phenoxy) is 1. The molecule has 32 heavy (non-hydrogen) atoms. The molecule has 0 atom stereocenters. The van der Waals surface area contributed by atoms with Crippen molar-refractivity contribution in [3.05, 3.63) is 90.5 Å². The summed E-state index contributed by atoms with van der Waals surface area (Å²) in [4.78, 5) is 12.4. The molecule has 1 N–H and O–H groups in total. The fourth-order valence-corrected chi connectivity index (χ4v) is 3.64. The van der Waals surface area contributed by atoms with Crippen molar-refractivity contribution >= 4 is 22.3 Å². The Balaban J connectivity index is 1.19. The molecule has 3 aromatic carbocycles. The van der Waals surface area contributed by atoms with E-state index in [1.165, 1.54) is 0 Å². The second-order valence-electron chi connectivity index (χ2n) is 7.34. The smallest absolute Gasteiger partial charge is 0.231 e. The third-order valence-corrected chi connectivity index (χ3v) is 5.18. The summed E-state index contributed by atoms with van der Waals surface area (Å²) in [6.45, 7) is 0.694. The molecule has 2 aromatic heterocycles. The first-order valence-electron chi connectivity index (χ1n) is 10.4. The second-order valence-corrected chi connectivity index (χ2v) is 7.34. The molecule has 0 aliphatic carbocycles. The maximum absolute atomic E-state index is 12.4. The quantitative estimate of drug-likeness (QED) is 0.404. The molecule has 158 valence electrons. The van der Waals surface area contributed by atoms with Crippen molar-refractivity contribution < 1.29 is 9.53 Å². The summed E-state index contributed by atoms with van der Waals surface area (Å²) in [7, 11) is 0. The Morgan fingerprint density at radius 1 is 0.875 bits per heavy atom. The molecule has 2 heterocycles. The highest BCUT2D eigenvalue weighted by atomic mass is 16.5. The minimum Gasteiger partial charge on any atom is -0.475 e. The van der Waals surface area contributed by atoms with E-state index in [-0.39, 0.29) is 5.91 Å². The number of fused-ring (bicyclic) bond motifs is 2. The van der Waals surface area contributed by atoms with Gasteiger partial charge in [-0.1, -0.05) is 72.8 Å². The number of rotatable bonds is 7. The van der Waals surface area contributed by atoms with Gasteiger partial charge in [0.1, 0.15) is 6.61 Å². The molecule has 1 amide bonds. The predicted octanol–water partition coefficient (Wildman–Crippen LogP) is 3.68. The van der Waals surface area contributed by atoms with Crippen LogP contribution in [0.15, 0.2) is 84.9 Å². The Hall–Kier alpha value is -4.26. The van der Waals surface area contributed by atoms with Crippen molar-refractivity contribution in [1.82, 2.24) is 25.1 Å². The molecule has 0 saturated carbocycles. The number of benzene rings is 3. The van der Waals surface area contributed by atoms with Crippen LogP contribution in [-0.2, 0) is 11.2 Å². The first-order valence-corrected chi connectivity index (χ1v) is 10.4. The van der Waals surface area contributed by atoms with Crippen LogP contribution >= 0.6 is 0 Å². The number of hydrogen-bond acceptors (Lipinski definition) is 5. The summed E-state index contributed by atoms with van der Waals surface area (Å²) >= 11 is 0. The van der Waals surface area contributed by atoms with E-state index in [4.69, 9.17) is 4.74 Å². The highest BCUT2D eigenvalue weighted by Crippen LogP contribution is 2.19. The molecular formula is C25H21N5O2. The maximum Gasteiger partial charge on any atom is 0.231 e. The van der Waals surface area contributed by atoms with Gasteiger partial charge in [0.25, 0.3) is 0 Å². The molecule has 5 aromatic rings. The van der Waals surface area contributed by atoms with Gasteiger partial charge in [-0.2, -0.15) is 4.52 Å². The first kappa shape index (κ1) is 19.7. The van der Waals surface area contributed by atoms with E-state index in [1.807, 2.05) is 72.8 Å². The molecule has 7 nitrogen and oxygen atoms in total. The zero-order chi connectivity index (χ0) is 21.8. The van der Waals surface area contributed by atoms with Crippen LogP contribution in [0.2, 0.25) is 0 Å². The van der Waals surface area contributed by atoms with E-state index in [9.17, 15) is 4.79 Å². The van der Waals surface area contributed by atoms with Crippen molar-refractivity contribution in [1.29, 1.82) is 0 Å². The van der Waals surface area contributed by atoms with E-state index in [1.54, 1.807) is 16.6 Å². The van der Waals surface area contributed by atoms with Crippen molar-refractivity contribution in [2.75, 3.05) is 13.2 Å². The average molecular weight is 423 g/mol. The zero-order valence-corrected chi connectivity index (χ0v) is 17.3. The molecule has 0 bridgehead atoms. The van der Waals surface area contributed by atoms with E-state index >= 15 is 0 Å². The maximum atomic E-state index is 12.4. The van der Waals surface area contributed by atoms with Crippen LogP contribution < -0.4 is 10.1 Å². The van der Waals surface area contributed by atoms with Gasteiger partial charge < -0.3 is 10.1 Å². The van der Waals surface area contributed by atoms with Crippen LogP contribution in [0.4, 0.5) is 0 Å². The predicted molar refractivity (Wildman–Crippen MR) is 122 cm³/mol. The number of amides is 1. The monoisotopic (exact) mass is 423 g/mol. The summed E-state index contributed by atoms with van der Waals surface area (Å²) in [5.74, 6) is 1.05. The summed E-state index contributed by atoms with van der Waals surface area (Å²) in [6, 6.07) is 27.4. The highest BCUT2D eigenvalue weighted by molar-refractivity contribution is 5.90. The lowest BCUT2D eigenvalue weighted by Crippen LogP contribution is -2.29. The van der Waals surface area contributed by atoms with Crippen LogP contribution in [0.25, 0.3) is 27.8 Å². The third-order valence-electron chi connectivity index (χ3n) is 5.18. The first-order chi connectivity index (χ1) is 15.8. The Kier molecular flexibility index (Phi) is 5.45. The Labute approximate surface area is 184 Å². The van der Waals surface area contributed by atoms with Crippen molar-refractivity contribution in [2.24, 2.45) is 0 Å². The molecule has 0 unspecified atom stereocenters. The molecule has 5 rings (SSSR count). The SMILES string of the molecule is O=C(Cc1cccc2ccccc12)NCCOc1ccc2nnc(-c3ccccc3)n2n1. The lowest BCUT2D eigenvalue weighted by atomic mass is 10.0. The normalized spacial score (nSPS) is 11.0. The Morgan fingerprint density at radius 2 is 1.69 bits per heavy atom. The number of carbonyl (C=O) groups excluding carboxylic acids is 1. The molecule has 7 heteroatoms. The van der Waals surface area contributed by atoms with E-state index in [2.05, 4.69) is 20.6 Å². The van der Waals surface area contributed by atoms with Gasteiger partial charge in [-0.3, -0.25) is 4.79 Å². The van der Waals surface area contributed by atoms with Crippen molar-refractivity contribution in [3.63, 3.8) is 0 Å². The molecule has 0 aliphatic rings. The van der Waals surface area contributed by atoms with Crippen LogP contribution in [0, 0.1) is 0 Å². The minimum absolute atomic E-state index is 0.0430. The van der Waals surface area contributed by atoms with Gasteiger partial charge in [-0.25, -0.2) is 0 Å². The van der Waals surface area contributed by atoms with Crippen LogP contribution in [0.5, 0.6) is 5.88 Å². The Bertz CT molecular complexity index is 1380. The lowest BCUT2D eigenvalue weighted by Gasteiger charge is -2.09. The Morgan fingerprint density at radius 3 is 2.59 bits per heavy atom. The number of hydrogen-bond donors (Lipinski definition) is 1. The van der Waals surface area contributed by atoms with E-state index < -0.39 is 0 Å². The molecule has 0 aliphatic heterocycles. The van der Waals surface area contributed by atoms with Crippen LogP contribution in [0.3, 0.4) is 0 Å². The molecule has 0 radical (unpaired) electrons. The summed E-state index contributed by atoms with van der Waals surface area (Å²) in [5.41, 5.74) is 2.57. The van der Waals surface area contributed by atoms with Crippen molar-refractivity contribution in [3.8, 4) is 17.3 Å². The van der Waals surface area contributed by atoms with Gasteiger partial charge >= 0.3 is 0 Å². The minimum atomic E-state index is -0.0430. The van der Waals surface area contributed by atoms with Gasteiger partial charge in [0.2, 0.25) is 11.8 Å². The van der Waals surface area contributed by atoms with Gasteiger partial charge in [0.15, 0.2) is 11.5 Å². The number of nitrogens with one attached hydrogen (secondary N) is 1. The molecule has 0 spiro atoms. The molecule has 0 saturated heterocycles. The summed E-state index contributed by atoms with van der Waals surface area (Å²) < 4.78 is 7.40. The molecule has 0 fully saturated rings. The van der Waals surface area contributed by atoms with Gasteiger partial charge in [0, 0.05) is 11.6 Å². The fraction of sp³-hybridized carbons (Fsp3) is 0.120. The zero-order valence-electron chi connectivity index (χ0n) is 17.3. The van der Waals surface area contributed by atoms with Gasteiger partial charge in [-0.05, 0) is 22.4 Å². The fourth-order valence-electron chi connectivity index (χ4n) is 3.64. The van der Waals surface area contributed by atoms with Crippen LogP contribution in [-0.4, -0.2) is 38.9 Å². The van der Waals surface area contributed by atoms with Crippen LogP contribution in [0.1, 0.15) is 5.56 Å². The van der Waals surface area contributed by atoms with E-state index in [0.717, 1.165) is 21.9 Å². The largest absolute Gasteiger partial charge is 0.475 e. The molecular weight excluding hydrogens is 402 g/mol. The number of aromatic nitrogens is 4. The standard InChI is InChI=1S/C25H21N5O2/c31-23(17-20-11-6-10-18-7-4-5-12-21(18)20)26-15-16-32-24-14-13-22-27-28-25(30(22)29-24)19-8-2-1-3-9-19/h1-14H,15-17H2,(H,26,31). The number of carbonyl (C=O) groups is 1. The second kappa shape index (κ2) is 8.85. The highest BCUT2D eigenvalue weighted by Gasteiger charge is 2.10. The topological polar surface area (TPSA) is 81.4 Å². The number of nitrogens with zero attached hydrogens (tertiary/aromatic N) is 4. The van der Waals surface area contributed by atoms with Crippen molar-refractivity contribution in [2.45, 2.75) is 6.42 Å². The van der Waals surface area contributed by atoms with E-state index in [0.29, 0.717) is 36.9 Å². The van der Waals surface area contributed by atoms with Gasteiger partial charge in [0.05, 0.1) is 13.0 Å². The average Bonchev–Trinajstić information content (AvgIpc) is 3.26.